The summed E-state index contributed by atoms with van der Waals surface area (Å²) in [4.78, 5) is 18.4. The number of nitrogens with zero attached hydrogens (tertiary/aromatic N) is 3. The number of piperidine rings is 1. The van der Waals surface area contributed by atoms with Crippen LogP contribution >= 0.6 is 0 Å². The second kappa shape index (κ2) is 5.10. The molecule has 2 rings (SSSR count). The molecule has 18 heavy (non-hydrogen) atoms. The highest BCUT2D eigenvalue weighted by molar-refractivity contribution is 5.92. The monoisotopic (exact) mass is 250 g/mol. The molecule has 5 heteroatoms. The van der Waals surface area contributed by atoms with Crippen LogP contribution in [0.2, 0.25) is 0 Å². The lowest BCUT2D eigenvalue weighted by atomic mass is 9.84. The van der Waals surface area contributed by atoms with Crippen molar-refractivity contribution in [2.24, 2.45) is 11.1 Å². The summed E-state index contributed by atoms with van der Waals surface area (Å²) in [6.45, 7) is 7.33. The normalized spacial score (nSPS) is 18.9. The summed E-state index contributed by atoms with van der Waals surface area (Å²) >= 11 is 0. The maximum absolute atomic E-state index is 12.3. The fraction of sp³-hybridized carbons (Fsp3) is 0.692. The molecule has 5 nitrogen and oxygen atoms in total. The van der Waals surface area contributed by atoms with Gasteiger partial charge in [0.25, 0.3) is 5.91 Å². The van der Waals surface area contributed by atoms with Gasteiger partial charge in [0.15, 0.2) is 0 Å². The Kier molecular flexibility index (Phi) is 3.71. The summed E-state index contributed by atoms with van der Waals surface area (Å²) in [5.74, 6) is 0.0403. The predicted octanol–water partition coefficient (Wildman–Crippen LogP) is 1.10. The molecule has 1 aromatic heterocycles. The quantitative estimate of drug-likeness (QED) is 0.874. The molecule has 1 aromatic rings. The minimum absolute atomic E-state index is 0.0403. The molecule has 0 aliphatic carbocycles. The Hall–Kier alpha value is -1.36. The molecule has 0 radical (unpaired) electrons. The summed E-state index contributed by atoms with van der Waals surface area (Å²) in [7, 11) is 0. The zero-order chi connectivity index (χ0) is 13.2. The van der Waals surface area contributed by atoms with Crippen LogP contribution < -0.4 is 5.73 Å². The van der Waals surface area contributed by atoms with Crippen molar-refractivity contribution in [2.45, 2.75) is 33.2 Å². The van der Waals surface area contributed by atoms with E-state index in [1.54, 1.807) is 12.5 Å². The van der Waals surface area contributed by atoms with Crippen molar-refractivity contribution in [1.29, 1.82) is 0 Å². The maximum Gasteiger partial charge on any atom is 0.274 e. The standard InChI is InChI=1S/C13H22N4O/c1-13(2)4-3-6-17(9-13)12(18)11-8-16(7-5-14)10-15-11/h8,10H,3-7,9,14H2,1-2H3. The van der Waals surface area contributed by atoms with E-state index in [1.165, 1.54) is 6.42 Å². The van der Waals surface area contributed by atoms with Crippen LogP contribution in [0.4, 0.5) is 0 Å². The SMILES string of the molecule is CC1(C)CCCN(C(=O)c2cn(CCN)cn2)C1. The minimum atomic E-state index is 0.0403. The van der Waals surface area contributed by atoms with Gasteiger partial charge in [0.1, 0.15) is 5.69 Å². The van der Waals surface area contributed by atoms with Gasteiger partial charge in [0, 0.05) is 32.4 Å². The van der Waals surface area contributed by atoms with Gasteiger partial charge >= 0.3 is 0 Å². The number of hydrogen-bond acceptors (Lipinski definition) is 3. The van der Waals surface area contributed by atoms with E-state index in [4.69, 9.17) is 5.73 Å². The first-order valence-corrected chi connectivity index (χ1v) is 6.53. The van der Waals surface area contributed by atoms with Gasteiger partial charge in [-0.15, -0.1) is 0 Å². The van der Waals surface area contributed by atoms with E-state index in [2.05, 4.69) is 18.8 Å². The van der Waals surface area contributed by atoms with E-state index >= 15 is 0 Å². The van der Waals surface area contributed by atoms with E-state index in [9.17, 15) is 4.79 Å². The van der Waals surface area contributed by atoms with Crippen LogP contribution in [0, 0.1) is 5.41 Å². The van der Waals surface area contributed by atoms with Gasteiger partial charge in [-0.2, -0.15) is 0 Å². The molecule has 1 aliphatic rings. The molecular weight excluding hydrogens is 228 g/mol. The number of imidazole rings is 1. The molecule has 100 valence electrons. The third-order valence-electron chi connectivity index (χ3n) is 3.43. The molecule has 0 atom stereocenters. The van der Waals surface area contributed by atoms with Crippen LogP contribution in [0.3, 0.4) is 0 Å². The molecule has 0 aromatic carbocycles. The number of carbonyl (C=O) groups excluding carboxylic acids is 1. The lowest BCUT2D eigenvalue weighted by Gasteiger charge is -2.37. The third-order valence-corrected chi connectivity index (χ3v) is 3.43. The van der Waals surface area contributed by atoms with Crippen LogP contribution in [0.5, 0.6) is 0 Å². The van der Waals surface area contributed by atoms with Crippen LogP contribution in [-0.2, 0) is 6.54 Å². The highest BCUT2D eigenvalue weighted by Gasteiger charge is 2.30. The molecule has 2 heterocycles. The maximum atomic E-state index is 12.3. The summed E-state index contributed by atoms with van der Waals surface area (Å²) in [5, 5.41) is 0. The summed E-state index contributed by atoms with van der Waals surface area (Å²) in [5.41, 5.74) is 6.23. The number of hydrogen-bond donors (Lipinski definition) is 1. The minimum Gasteiger partial charge on any atom is -0.337 e. The zero-order valence-corrected chi connectivity index (χ0v) is 11.2. The molecule has 0 bridgehead atoms. The Morgan fingerprint density at radius 3 is 3.00 bits per heavy atom. The number of carbonyl (C=O) groups is 1. The lowest BCUT2D eigenvalue weighted by molar-refractivity contribution is 0.0578. The van der Waals surface area contributed by atoms with Crippen molar-refractivity contribution < 1.29 is 4.79 Å². The van der Waals surface area contributed by atoms with Gasteiger partial charge in [-0.3, -0.25) is 4.79 Å². The molecule has 1 aliphatic heterocycles. The van der Waals surface area contributed by atoms with Crippen LogP contribution in [0.1, 0.15) is 37.2 Å². The molecule has 0 spiro atoms. The van der Waals surface area contributed by atoms with E-state index in [1.807, 2.05) is 9.47 Å². The van der Waals surface area contributed by atoms with E-state index < -0.39 is 0 Å². The Balaban J connectivity index is 2.05. The average molecular weight is 250 g/mol. The Morgan fingerprint density at radius 1 is 1.56 bits per heavy atom. The van der Waals surface area contributed by atoms with Crippen molar-refractivity contribution in [3.8, 4) is 0 Å². The highest BCUT2D eigenvalue weighted by atomic mass is 16.2. The fourth-order valence-corrected chi connectivity index (χ4v) is 2.50. The second-order valence-corrected chi connectivity index (χ2v) is 5.78. The summed E-state index contributed by atoms with van der Waals surface area (Å²) in [6, 6.07) is 0. The summed E-state index contributed by atoms with van der Waals surface area (Å²) < 4.78 is 1.86. The number of nitrogens with two attached hydrogens (primary N) is 1. The van der Waals surface area contributed by atoms with Gasteiger partial charge in [-0.25, -0.2) is 4.98 Å². The van der Waals surface area contributed by atoms with Crippen LogP contribution in [-0.4, -0.2) is 40.0 Å². The van der Waals surface area contributed by atoms with Crippen LogP contribution in [0.15, 0.2) is 12.5 Å². The molecule has 1 saturated heterocycles. The molecular formula is C13H22N4O. The number of aromatic nitrogens is 2. The second-order valence-electron chi connectivity index (χ2n) is 5.78. The molecule has 2 N–H and O–H groups in total. The highest BCUT2D eigenvalue weighted by Crippen LogP contribution is 2.28. The van der Waals surface area contributed by atoms with Gasteiger partial charge in [0.2, 0.25) is 0 Å². The number of rotatable bonds is 3. The van der Waals surface area contributed by atoms with E-state index in [-0.39, 0.29) is 11.3 Å². The van der Waals surface area contributed by atoms with Gasteiger partial charge in [-0.05, 0) is 18.3 Å². The number of amides is 1. The molecule has 1 amide bonds. The fourth-order valence-electron chi connectivity index (χ4n) is 2.50. The first-order valence-electron chi connectivity index (χ1n) is 6.53. The van der Waals surface area contributed by atoms with Crippen LogP contribution in [0.25, 0.3) is 0 Å². The van der Waals surface area contributed by atoms with E-state index in [0.717, 1.165) is 19.5 Å². The average Bonchev–Trinajstić information content (AvgIpc) is 2.76. The predicted molar refractivity (Wildman–Crippen MR) is 70.2 cm³/mol. The molecule has 1 fully saturated rings. The van der Waals surface area contributed by atoms with Gasteiger partial charge in [-0.1, -0.05) is 13.8 Å². The van der Waals surface area contributed by atoms with Crippen molar-refractivity contribution in [2.75, 3.05) is 19.6 Å². The smallest absolute Gasteiger partial charge is 0.274 e. The third kappa shape index (κ3) is 2.90. The zero-order valence-electron chi connectivity index (χ0n) is 11.2. The van der Waals surface area contributed by atoms with Gasteiger partial charge < -0.3 is 15.2 Å². The molecule has 0 saturated carbocycles. The first kappa shape index (κ1) is 13.1. The number of likely N-dealkylation sites (tertiary alicyclic amines) is 1. The first-order chi connectivity index (χ1) is 8.52. The van der Waals surface area contributed by atoms with Gasteiger partial charge in [0.05, 0.1) is 6.33 Å². The van der Waals surface area contributed by atoms with E-state index in [0.29, 0.717) is 18.8 Å². The van der Waals surface area contributed by atoms with Crippen molar-refractivity contribution in [3.63, 3.8) is 0 Å². The van der Waals surface area contributed by atoms with Crippen molar-refractivity contribution >= 4 is 5.91 Å². The Bertz CT molecular complexity index is 424. The lowest BCUT2D eigenvalue weighted by Crippen LogP contribution is -2.43. The topological polar surface area (TPSA) is 64.2 Å². The van der Waals surface area contributed by atoms with Crippen molar-refractivity contribution in [3.05, 3.63) is 18.2 Å². The Labute approximate surface area is 108 Å². The largest absolute Gasteiger partial charge is 0.337 e. The summed E-state index contributed by atoms with van der Waals surface area (Å²) in [6.07, 6.45) is 5.71. The van der Waals surface area contributed by atoms with Crippen molar-refractivity contribution in [1.82, 2.24) is 14.5 Å². The Morgan fingerprint density at radius 2 is 2.33 bits per heavy atom. The molecule has 0 unspecified atom stereocenters.